The number of amides is 1. The summed E-state index contributed by atoms with van der Waals surface area (Å²) in [6, 6.07) is 12.2. The highest BCUT2D eigenvalue weighted by Gasteiger charge is 2.45. The van der Waals surface area contributed by atoms with Crippen LogP contribution in [0.2, 0.25) is 0 Å². The number of hydrogen-bond donors (Lipinski definition) is 1. The molecule has 0 spiro atoms. The molecule has 0 bridgehead atoms. The zero-order valence-electron chi connectivity index (χ0n) is 19.6. The van der Waals surface area contributed by atoms with Gasteiger partial charge in [0, 0.05) is 23.1 Å². The SMILES string of the molecule is CCCCOc1ccc(C(O)=C2C(=O)C(=O)N(CCN(C)C)[C@@H]2c2cccc(Br)c2)cc1C. The van der Waals surface area contributed by atoms with Gasteiger partial charge in [-0.2, -0.15) is 0 Å². The molecule has 0 radical (unpaired) electrons. The van der Waals surface area contributed by atoms with Crippen molar-refractivity contribution in [1.82, 2.24) is 9.80 Å². The zero-order chi connectivity index (χ0) is 24.1. The fraction of sp³-hybridized carbons (Fsp3) is 0.385. The van der Waals surface area contributed by atoms with Crippen molar-refractivity contribution in [1.29, 1.82) is 0 Å². The minimum Gasteiger partial charge on any atom is -0.507 e. The highest BCUT2D eigenvalue weighted by Crippen LogP contribution is 2.40. The predicted molar refractivity (Wildman–Crippen MR) is 133 cm³/mol. The van der Waals surface area contributed by atoms with Crippen LogP contribution in [0.25, 0.3) is 5.76 Å². The molecule has 0 aromatic heterocycles. The van der Waals surface area contributed by atoms with E-state index in [-0.39, 0.29) is 11.3 Å². The third kappa shape index (κ3) is 5.65. The van der Waals surface area contributed by atoms with Crippen LogP contribution >= 0.6 is 15.9 Å². The molecule has 1 atom stereocenters. The number of rotatable bonds is 9. The number of likely N-dealkylation sites (tertiary alicyclic amines) is 1. The van der Waals surface area contributed by atoms with Gasteiger partial charge in [-0.3, -0.25) is 9.59 Å². The molecule has 0 saturated carbocycles. The van der Waals surface area contributed by atoms with Gasteiger partial charge >= 0.3 is 0 Å². The minimum atomic E-state index is -0.669. The average Bonchev–Trinajstić information content (AvgIpc) is 3.03. The van der Waals surface area contributed by atoms with E-state index in [1.807, 2.05) is 50.2 Å². The molecule has 176 valence electrons. The highest BCUT2D eigenvalue weighted by atomic mass is 79.9. The Morgan fingerprint density at radius 1 is 1.18 bits per heavy atom. The summed E-state index contributed by atoms with van der Waals surface area (Å²) in [6.07, 6.45) is 2.01. The summed E-state index contributed by atoms with van der Waals surface area (Å²) in [5, 5.41) is 11.3. The molecular formula is C26H31BrN2O4. The van der Waals surface area contributed by atoms with Crippen molar-refractivity contribution >= 4 is 33.4 Å². The molecule has 1 aliphatic heterocycles. The van der Waals surface area contributed by atoms with Crippen LogP contribution in [0.3, 0.4) is 0 Å². The fourth-order valence-electron chi connectivity index (χ4n) is 3.88. The number of ketones is 1. The van der Waals surface area contributed by atoms with E-state index < -0.39 is 17.7 Å². The summed E-state index contributed by atoms with van der Waals surface area (Å²) in [5.74, 6) is -0.694. The molecule has 0 unspecified atom stereocenters. The monoisotopic (exact) mass is 514 g/mol. The van der Waals surface area contributed by atoms with Crippen LogP contribution in [-0.4, -0.2) is 60.4 Å². The van der Waals surface area contributed by atoms with Gasteiger partial charge in [-0.25, -0.2) is 0 Å². The quantitative estimate of drug-likeness (QED) is 0.222. The number of carbonyl (C=O) groups excluding carboxylic acids is 2. The van der Waals surface area contributed by atoms with Gasteiger partial charge in [0.05, 0.1) is 18.2 Å². The van der Waals surface area contributed by atoms with E-state index in [2.05, 4.69) is 22.9 Å². The Morgan fingerprint density at radius 2 is 1.94 bits per heavy atom. The van der Waals surface area contributed by atoms with Gasteiger partial charge in [0.2, 0.25) is 0 Å². The summed E-state index contributed by atoms with van der Waals surface area (Å²) in [7, 11) is 3.83. The Hall–Kier alpha value is -2.64. The smallest absolute Gasteiger partial charge is 0.295 e. The Kier molecular flexibility index (Phi) is 8.32. The van der Waals surface area contributed by atoms with Crippen molar-refractivity contribution in [3.63, 3.8) is 0 Å². The number of carbonyl (C=O) groups is 2. The maximum Gasteiger partial charge on any atom is 0.295 e. The van der Waals surface area contributed by atoms with Gasteiger partial charge in [-0.15, -0.1) is 0 Å². The van der Waals surface area contributed by atoms with Crippen molar-refractivity contribution in [2.75, 3.05) is 33.8 Å². The van der Waals surface area contributed by atoms with E-state index >= 15 is 0 Å². The topological polar surface area (TPSA) is 70.1 Å². The van der Waals surface area contributed by atoms with Crippen molar-refractivity contribution in [3.05, 3.63) is 69.2 Å². The van der Waals surface area contributed by atoms with Crippen molar-refractivity contribution in [3.8, 4) is 5.75 Å². The molecule has 33 heavy (non-hydrogen) atoms. The first-order valence-corrected chi connectivity index (χ1v) is 12.0. The number of aliphatic hydroxyl groups excluding tert-OH is 1. The van der Waals surface area contributed by atoms with Gasteiger partial charge in [0.1, 0.15) is 11.5 Å². The van der Waals surface area contributed by atoms with Crippen LogP contribution in [0.15, 0.2) is 52.5 Å². The van der Waals surface area contributed by atoms with E-state index in [1.54, 1.807) is 23.1 Å². The molecule has 3 rings (SSSR count). The predicted octanol–water partition coefficient (Wildman–Crippen LogP) is 4.92. The lowest BCUT2D eigenvalue weighted by Gasteiger charge is -2.26. The molecule has 1 heterocycles. The molecule has 2 aromatic carbocycles. The number of aliphatic hydroxyl groups is 1. The third-order valence-electron chi connectivity index (χ3n) is 5.70. The molecule has 2 aromatic rings. The van der Waals surface area contributed by atoms with E-state index in [4.69, 9.17) is 4.74 Å². The lowest BCUT2D eigenvalue weighted by molar-refractivity contribution is -0.140. The number of unbranched alkanes of at least 4 members (excludes halogenated alkanes) is 1. The van der Waals surface area contributed by atoms with Crippen LogP contribution in [0.4, 0.5) is 0 Å². The lowest BCUT2D eigenvalue weighted by atomic mass is 9.95. The first-order chi connectivity index (χ1) is 15.7. The van der Waals surface area contributed by atoms with Crippen LogP contribution in [0, 0.1) is 6.92 Å². The first kappa shape index (κ1) is 25.0. The lowest BCUT2D eigenvalue weighted by Crippen LogP contribution is -2.35. The number of ether oxygens (including phenoxy) is 1. The Bertz CT molecular complexity index is 1060. The fourth-order valence-corrected chi connectivity index (χ4v) is 4.30. The van der Waals surface area contributed by atoms with Gasteiger partial charge < -0.3 is 19.6 Å². The number of aryl methyl sites for hydroxylation is 1. The standard InChI is InChI=1S/C26H31BrN2O4/c1-5-6-14-33-21-11-10-19(15-17(21)2)24(30)22-23(18-8-7-9-20(27)16-18)29(13-12-28(3)4)26(32)25(22)31/h7-11,15-16,23,30H,5-6,12-14H2,1-4H3/t23-/m1/s1. The summed E-state index contributed by atoms with van der Waals surface area (Å²) in [6.45, 7) is 5.60. The highest BCUT2D eigenvalue weighted by molar-refractivity contribution is 9.10. The van der Waals surface area contributed by atoms with Crippen molar-refractivity contribution < 1.29 is 19.4 Å². The molecule has 6 nitrogen and oxygen atoms in total. The number of likely N-dealkylation sites (N-methyl/N-ethyl adjacent to an activating group) is 1. The van der Waals surface area contributed by atoms with Crippen LogP contribution in [-0.2, 0) is 9.59 Å². The Morgan fingerprint density at radius 3 is 2.58 bits per heavy atom. The summed E-state index contributed by atoms with van der Waals surface area (Å²) < 4.78 is 6.65. The number of Topliss-reactive ketones (excluding diaryl/α,β-unsaturated/α-hetero) is 1. The molecule has 1 N–H and O–H groups in total. The molecule has 1 aliphatic rings. The molecule has 7 heteroatoms. The second-order valence-electron chi connectivity index (χ2n) is 8.53. The van der Waals surface area contributed by atoms with Crippen LogP contribution in [0.1, 0.15) is 42.5 Å². The van der Waals surface area contributed by atoms with E-state index in [9.17, 15) is 14.7 Å². The second-order valence-corrected chi connectivity index (χ2v) is 9.45. The maximum absolute atomic E-state index is 13.1. The van der Waals surface area contributed by atoms with Crippen molar-refractivity contribution in [2.45, 2.75) is 32.7 Å². The normalized spacial score (nSPS) is 17.8. The van der Waals surface area contributed by atoms with Gasteiger partial charge in [0.25, 0.3) is 11.7 Å². The molecular weight excluding hydrogens is 484 g/mol. The van der Waals surface area contributed by atoms with Crippen LogP contribution < -0.4 is 4.74 Å². The maximum atomic E-state index is 13.1. The summed E-state index contributed by atoms with van der Waals surface area (Å²) >= 11 is 3.48. The second kappa shape index (κ2) is 11.0. The molecule has 1 saturated heterocycles. The Balaban J connectivity index is 2.06. The molecule has 1 amide bonds. The van der Waals surface area contributed by atoms with Gasteiger partial charge in [-0.1, -0.05) is 41.4 Å². The molecule has 0 aliphatic carbocycles. The van der Waals surface area contributed by atoms with Crippen LogP contribution in [0.5, 0.6) is 5.75 Å². The number of nitrogens with zero attached hydrogens (tertiary/aromatic N) is 2. The number of benzene rings is 2. The van der Waals surface area contributed by atoms with Gasteiger partial charge in [0.15, 0.2) is 0 Å². The van der Waals surface area contributed by atoms with Crippen molar-refractivity contribution in [2.24, 2.45) is 0 Å². The van der Waals surface area contributed by atoms with E-state index in [0.717, 1.165) is 34.2 Å². The molecule has 1 fully saturated rings. The first-order valence-electron chi connectivity index (χ1n) is 11.2. The Labute approximate surface area is 204 Å². The third-order valence-corrected chi connectivity index (χ3v) is 6.19. The summed E-state index contributed by atoms with van der Waals surface area (Å²) in [4.78, 5) is 29.6. The zero-order valence-corrected chi connectivity index (χ0v) is 21.2. The van der Waals surface area contributed by atoms with E-state index in [0.29, 0.717) is 25.3 Å². The summed E-state index contributed by atoms with van der Waals surface area (Å²) in [5.41, 5.74) is 2.22. The number of hydrogen-bond acceptors (Lipinski definition) is 5. The van der Waals surface area contributed by atoms with E-state index in [1.165, 1.54) is 0 Å². The number of halogens is 1. The van der Waals surface area contributed by atoms with Gasteiger partial charge in [-0.05, 0) is 68.9 Å². The largest absolute Gasteiger partial charge is 0.507 e. The average molecular weight is 515 g/mol. The minimum absolute atomic E-state index is 0.107.